The van der Waals surface area contributed by atoms with Crippen molar-refractivity contribution in [3.63, 3.8) is 0 Å². The number of nitrogens with zero attached hydrogens (tertiary/aromatic N) is 5. The lowest BCUT2D eigenvalue weighted by Crippen LogP contribution is -2.23. The van der Waals surface area contributed by atoms with Crippen LogP contribution in [0.25, 0.3) is 0 Å². The van der Waals surface area contributed by atoms with E-state index in [1.165, 1.54) is 6.33 Å². The summed E-state index contributed by atoms with van der Waals surface area (Å²) in [5.41, 5.74) is 0.595. The van der Waals surface area contributed by atoms with E-state index in [1.54, 1.807) is 23.1 Å². The van der Waals surface area contributed by atoms with Gasteiger partial charge in [0.1, 0.15) is 12.7 Å². The quantitative estimate of drug-likeness (QED) is 0.724. The summed E-state index contributed by atoms with van der Waals surface area (Å²) in [4.78, 5) is 20.0. The van der Waals surface area contributed by atoms with E-state index in [0.717, 1.165) is 0 Å². The minimum Gasteiger partial charge on any atom is -0.345 e. The number of carbonyl (C=O) groups excluding carboxylic acids is 1. The van der Waals surface area contributed by atoms with Crippen LogP contribution in [0.5, 0.6) is 0 Å². The van der Waals surface area contributed by atoms with Crippen LogP contribution in [0.4, 0.5) is 0 Å². The second-order valence-electron chi connectivity index (χ2n) is 4.56. The molecule has 2 heterocycles. The fourth-order valence-electron chi connectivity index (χ4n) is 1.87. The van der Waals surface area contributed by atoms with E-state index >= 15 is 0 Å². The van der Waals surface area contributed by atoms with Crippen LogP contribution in [0.3, 0.4) is 0 Å². The standard InChI is InChI=1S/C14H14N6O2/c21-14(11-4-2-1-3-5-11)16-8-12-18-13(22-19-12)6-7-20-10-15-9-17-20/h1-5,9-10H,6-8H2,(H,16,21). The summed E-state index contributed by atoms with van der Waals surface area (Å²) in [6, 6.07) is 8.97. The number of amides is 1. The molecule has 0 atom stereocenters. The summed E-state index contributed by atoms with van der Waals surface area (Å²) in [7, 11) is 0. The Labute approximate surface area is 126 Å². The van der Waals surface area contributed by atoms with Gasteiger partial charge in [-0.1, -0.05) is 23.4 Å². The maximum absolute atomic E-state index is 11.9. The van der Waals surface area contributed by atoms with Gasteiger partial charge in [0.25, 0.3) is 5.91 Å². The van der Waals surface area contributed by atoms with Gasteiger partial charge in [-0.3, -0.25) is 9.48 Å². The first-order valence-corrected chi connectivity index (χ1v) is 6.78. The first-order chi connectivity index (χ1) is 10.8. The van der Waals surface area contributed by atoms with Gasteiger partial charge in [-0.15, -0.1) is 0 Å². The smallest absolute Gasteiger partial charge is 0.251 e. The molecular weight excluding hydrogens is 284 g/mol. The molecule has 3 rings (SSSR count). The molecule has 1 N–H and O–H groups in total. The Kier molecular flexibility index (Phi) is 4.19. The average molecular weight is 298 g/mol. The molecule has 0 aliphatic rings. The van der Waals surface area contributed by atoms with E-state index in [-0.39, 0.29) is 12.5 Å². The van der Waals surface area contributed by atoms with Crippen molar-refractivity contribution in [2.24, 2.45) is 0 Å². The maximum atomic E-state index is 11.9. The molecule has 0 fully saturated rings. The Morgan fingerprint density at radius 3 is 2.91 bits per heavy atom. The van der Waals surface area contributed by atoms with E-state index in [1.807, 2.05) is 18.2 Å². The van der Waals surface area contributed by atoms with E-state index < -0.39 is 0 Å². The first kappa shape index (κ1) is 13.9. The van der Waals surface area contributed by atoms with Gasteiger partial charge in [-0.2, -0.15) is 10.1 Å². The molecule has 1 aromatic carbocycles. The van der Waals surface area contributed by atoms with Crippen LogP contribution in [-0.4, -0.2) is 30.8 Å². The van der Waals surface area contributed by atoms with Crippen molar-refractivity contribution in [2.45, 2.75) is 19.5 Å². The van der Waals surface area contributed by atoms with Crippen molar-refractivity contribution >= 4 is 5.91 Å². The molecule has 0 unspecified atom stereocenters. The molecule has 0 radical (unpaired) electrons. The Morgan fingerprint density at radius 1 is 1.27 bits per heavy atom. The SMILES string of the molecule is O=C(NCc1noc(CCn2cncn2)n1)c1ccccc1. The molecule has 8 heteroatoms. The molecule has 0 saturated heterocycles. The molecule has 0 spiro atoms. The zero-order chi connectivity index (χ0) is 15.2. The fraction of sp³-hybridized carbons (Fsp3) is 0.214. The molecule has 3 aromatic rings. The normalized spacial score (nSPS) is 10.5. The minimum atomic E-state index is -0.172. The number of hydrogen-bond acceptors (Lipinski definition) is 6. The van der Waals surface area contributed by atoms with E-state index in [9.17, 15) is 4.79 Å². The van der Waals surface area contributed by atoms with Crippen LogP contribution >= 0.6 is 0 Å². The van der Waals surface area contributed by atoms with Crippen molar-refractivity contribution < 1.29 is 9.32 Å². The highest BCUT2D eigenvalue weighted by molar-refractivity contribution is 5.93. The van der Waals surface area contributed by atoms with E-state index in [4.69, 9.17) is 4.52 Å². The Morgan fingerprint density at radius 2 is 2.14 bits per heavy atom. The molecule has 22 heavy (non-hydrogen) atoms. The van der Waals surface area contributed by atoms with E-state index in [2.05, 4.69) is 25.5 Å². The number of nitrogens with one attached hydrogen (secondary N) is 1. The summed E-state index contributed by atoms with van der Waals surface area (Å²) in [6.07, 6.45) is 3.65. The van der Waals surface area contributed by atoms with Crippen molar-refractivity contribution in [3.8, 4) is 0 Å². The zero-order valence-electron chi connectivity index (χ0n) is 11.7. The lowest BCUT2D eigenvalue weighted by atomic mass is 10.2. The highest BCUT2D eigenvalue weighted by atomic mass is 16.5. The molecule has 8 nitrogen and oxygen atoms in total. The molecule has 0 aliphatic heterocycles. The lowest BCUT2D eigenvalue weighted by molar-refractivity contribution is 0.0949. The largest absolute Gasteiger partial charge is 0.345 e. The van der Waals surface area contributed by atoms with Crippen molar-refractivity contribution in [2.75, 3.05) is 0 Å². The Hall–Kier alpha value is -3.03. The van der Waals surface area contributed by atoms with Gasteiger partial charge in [-0.25, -0.2) is 4.98 Å². The third kappa shape index (κ3) is 3.54. The number of benzene rings is 1. The molecule has 0 bridgehead atoms. The third-order valence-corrected chi connectivity index (χ3v) is 2.97. The van der Waals surface area contributed by atoms with Crippen LogP contribution in [-0.2, 0) is 19.5 Å². The summed E-state index contributed by atoms with van der Waals surface area (Å²) in [5, 5.41) is 10.6. The number of aryl methyl sites for hydroxylation is 2. The van der Waals surface area contributed by atoms with Crippen LogP contribution < -0.4 is 5.32 Å². The van der Waals surface area contributed by atoms with Gasteiger partial charge in [-0.05, 0) is 12.1 Å². The van der Waals surface area contributed by atoms with Crippen molar-refractivity contribution in [1.29, 1.82) is 0 Å². The van der Waals surface area contributed by atoms with Gasteiger partial charge in [0, 0.05) is 12.0 Å². The van der Waals surface area contributed by atoms with Crippen molar-refractivity contribution in [1.82, 2.24) is 30.2 Å². The second-order valence-corrected chi connectivity index (χ2v) is 4.56. The van der Waals surface area contributed by atoms with Crippen molar-refractivity contribution in [3.05, 3.63) is 60.3 Å². The van der Waals surface area contributed by atoms with Crippen LogP contribution in [0.15, 0.2) is 47.5 Å². The molecule has 1 amide bonds. The van der Waals surface area contributed by atoms with E-state index in [0.29, 0.717) is 30.2 Å². The van der Waals surface area contributed by atoms with Crippen LogP contribution in [0.1, 0.15) is 22.1 Å². The number of carbonyl (C=O) groups is 1. The fourth-order valence-corrected chi connectivity index (χ4v) is 1.87. The van der Waals surface area contributed by atoms with Gasteiger partial charge >= 0.3 is 0 Å². The highest BCUT2D eigenvalue weighted by Crippen LogP contribution is 2.02. The second kappa shape index (κ2) is 6.61. The summed E-state index contributed by atoms with van der Waals surface area (Å²) < 4.78 is 6.81. The van der Waals surface area contributed by atoms with Crippen LogP contribution in [0, 0.1) is 0 Å². The Balaban J connectivity index is 1.50. The molecule has 2 aromatic heterocycles. The summed E-state index contributed by atoms with van der Waals surface area (Å²) >= 11 is 0. The molecule has 0 saturated carbocycles. The van der Waals surface area contributed by atoms with Gasteiger partial charge in [0.2, 0.25) is 5.89 Å². The highest BCUT2D eigenvalue weighted by Gasteiger charge is 2.09. The van der Waals surface area contributed by atoms with Gasteiger partial charge in [0.05, 0.1) is 13.1 Å². The minimum absolute atomic E-state index is 0.172. The molecular formula is C14H14N6O2. The number of hydrogen-bond donors (Lipinski definition) is 1. The molecule has 112 valence electrons. The summed E-state index contributed by atoms with van der Waals surface area (Å²) in [5.74, 6) is 0.770. The monoisotopic (exact) mass is 298 g/mol. The maximum Gasteiger partial charge on any atom is 0.251 e. The summed E-state index contributed by atoms with van der Waals surface area (Å²) in [6.45, 7) is 0.832. The predicted octanol–water partition coefficient (Wildman–Crippen LogP) is 0.834. The number of aromatic nitrogens is 5. The number of rotatable bonds is 6. The average Bonchev–Trinajstić information content (AvgIpc) is 3.23. The third-order valence-electron chi connectivity index (χ3n) is 2.97. The lowest BCUT2D eigenvalue weighted by Gasteiger charge is -2.01. The first-order valence-electron chi connectivity index (χ1n) is 6.78. The van der Waals surface area contributed by atoms with Crippen LogP contribution in [0.2, 0.25) is 0 Å². The topological polar surface area (TPSA) is 98.7 Å². The molecule has 0 aliphatic carbocycles. The Bertz CT molecular complexity index is 723. The zero-order valence-corrected chi connectivity index (χ0v) is 11.7. The van der Waals surface area contributed by atoms with Gasteiger partial charge < -0.3 is 9.84 Å². The predicted molar refractivity (Wildman–Crippen MR) is 75.6 cm³/mol. The van der Waals surface area contributed by atoms with Gasteiger partial charge in [0.15, 0.2) is 5.82 Å².